The molecule has 0 aliphatic rings. The van der Waals surface area contributed by atoms with Gasteiger partial charge in [0.25, 0.3) is 0 Å². The number of hydrogen-bond acceptors (Lipinski definition) is 3. The van der Waals surface area contributed by atoms with E-state index in [9.17, 15) is 0 Å². The van der Waals surface area contributed by atoms with Crippen LogP contribution in [0, 0.1) is 11.3 Å². The molecule has 1 rings (SSSR count). The fraction of sp³-hybridized carbons (Fsp3) is 0.125. The number of nitrogens with zero attached hydrogens (tertiary/aromatic N) is 1. The number of nitrogens with two attached hydrogens (primary N) is 1. The van der Waals surface area contributed by atoms with Gasteiger partial charge in [-0.1, -0.05) is 11.6 Å². The molecule has 1 aromatic heterocycles. The van der Waals surface area contributed by atoms with E-state index in [0.717, 1.165) is 4.88 Å². The molecular weight excluding hydrogens is 192 g/mol. The highest BCUT2D eigenvalue weighted by atomic mass is 35.5. The van der Waals surface area contributed by atoms with Crippen LogP contribution < -0.4 is 5.73 Å². The van der Waals surface area contributed by atoms with Crippen LogP contribution in [0.3, 0.4) is 0 Å². The molecule has 0 atom stereocenters. The Morgan fingerprint density at radius 1 is 1.75 bits per heavy atom. The summed E-state index contributed by atoms with van der Waals surface area (Å²) in [5, 5.41) is 11.0. The van der Waals surface area contributed by atoms with Crippen LogP contribution in [0.25, 0.3) is 5.70 Å². The van der Waals surface area contributed by atoms with Crippen LogP contribution in [0.15, 0.2) is 17.0 Å². The lowest BCUT2D eigenvalue weighted by Crippen LogP contribution is -1.96. The van der Waals surface area contributed by atoms with Gasteiger partial charge in [0, 0.05) is 0 Å². The molecule has 2 N–H and O–H groups in total. The zero-order chi connectivity index (χ0) is 9.14. The Balaban J connectivity index is 3.18. The van der Waals surface area contributed by atoms with Gasteiger partial charge in [-0.15, -0.1) is 11.3 Å². The van der Waals surface area contributed by atoms with Crippen molar-refractivity contribution in [1.29, 1.82) is 5.26 Å². The average Bonchev–Trinajstić information content (AvgIpc) is 2.48. The predicted octanol–water partition coefficient (Wildman–Crippen LogP) is 2.61. The van der Waals surface area contributed by atoms with Gasteiger partial charge in [0.1, 0.15) is 0 Å². The van der Waals surface area contributed by atoms with Crippen LogP contribution in [-0.2, 0) is 0 Å². The van der Waals surface area contributed by atoms with Crippen LogP contribution in [0.4, 0.5) is 0 Å². The Morgan fingerprint density at radius 2 is 2.42 bits per heavy atom. The molecule has 0 saturated carbocycles. The quantitative estimate of drug-likeness (QED) is 0.706. The Labute approximate surface area is 79.9 Å². The van der Waals surface area contributed by atoms with E-state index in [1.54, 1.807) is 13.0 Å². The average molecular weight is 199 g/mol. The van der Waals surface area contributed by atoms with Crippen molar-refractivity contribution in [2.75, 3.05) is 0 Å². The molecular formula is C8H7ClN2S. The van der Waals surface area contributed by atoms with Crippen molar-refractivity contribution in [3.05, 3.63) is 26.9 Å². The molecule has 0 unspecified atom stereocenters. The van der Waals surface area contributed by atoms with E-state index in [1.165, 1.54) is 11.3 Å². The maximum absolute atomic E-state index is 8.57. The second kappa shape index (κ2) is 3.61. The third-order valence-corrected chi connectivity index (χ3v) is 2.81. The van der Waals surface area contributed by atoms with Crippen molar-refractivity contribution in [3.8, 4) is 6.07 Å². The molecule has 0 radical (unpaired) electrons. The van der Waals surface area contributed by atoms with Crippen LogP contribution >= 0.6 is 22.9 Å². The number of hydrogen-bond donors (Lipinski definition) is 1. The lowest BCUT2D eigenvalue weighted by atomic mass is 10.2. The predicted molar refractivity (Wildman–Crippen MR) is 51.7 cm³/mol. The zero-order valence-corrected chi connectivity index (χ0v) is 8.04. The molecule has 0 aromatic carbocycles. The van der Waals surface area contributed by atoms with Gasteiger partial charge in [-0.2, -0.15) is 5.26 Å². The molecule has 0 aliphatic heterocycles. The summed E-state index contributed by atoms with van der Waals surface area (Å²) in [5.41, 5.74) is 6.65. The highest BCUT2D eigenvalue weighted by Gasteiger charge is 2.06. The van der Waals surface area contributed by atoms with E-state index >= 15 is 0 Å². The molecule has 12 heavy (non-hydrogen) atoms. The van der Waals surface area contributed by atoms with E-state index < -0.39 is 0 Å². The molecule has 62 valence electrons. The van der Waals surface area contributed by atoms with Gasteiger partial charge in [0.2, 0.25) is 0 Å². The summed E-state index contributed by atoms with van der Waals surface area (Å²) in [5.74, 6) is 0. The smallest absolute Gasteiger partial charge is 0.0966 e. The normalized spacial score (nSPS) is 12.1. The molecule has 0 spiro atoms. The second-order valence-corrected chi connectivity index (χ2v) is 3.57. The summed E-state index contributed by atoms with van der Waals surface area (Å²) in [6, 6.07) is 3.75. The maximum atomic E-state index is 8.57. The topological polar surface area (TPSA) is 49.8 Å². The number of nitriles is 1. The van der Waals surface area contributed by atoms with Crippen molar-refractivity contribution in [1.82, 2.24) is 0 Å². The fourth-order valence-electron chi connectivity index (χ4n) is 0.716. The van der Waals surface area contributed by atoms with Crippen LogP contribution in [0.5, 0.6) is 0 Å². The maximum Gasteiger partial charge on any atom is 0.0966 e. The lowest BCUT2D eigenvalue weighted by Gasteiger charge is -1.98. The molecule has 0 saturated heterocycles. The SMILES string of the molecule is C/C(C#N)=C(/N)c1sccc1Cl. The largest absolute Gasteiger partial charge is 0.397 e. The van der Waals surface area contributed by atoms with E-state index in [0.29, 0.717) is 16.3 Å². The van der Waals surface area contributed by atoms with Gasteiger partial charge < -0.3 is 5.73 Å². The van der Waals surface area contributed by atoms with Crippen molar-refractivity contribution >= 4 is 28.6 Å². The summed E-state index contributed by atoms with van der Waals surface area (Å²) >= 11 is 7.26. The molecule has 2 nitrogen and oxygen atoms in total. The first-order valence-corrected chi connectivity index (χ1v) is 4.52. The van der Waals surface area contributed by atoms with Crippen LogP contribution in [0.1, 0.15) is 11.8 Å². The fourth-order valence-corrected chi connectivity index (χ4v) is 1.89. The monoisotopic (exact) mass is 198 g/mol. The highest BCUT2D eigenvalue weighted by molar-refractivity contribution is 7.11. The van der Waals surface area contributed by atoms with Crippen molar-refractivity contribution < 1.29 is 0 Å². The van der Waals surface area contributed by atoms with Crippen molar-refractivity contribution in [3.63, 3.8) is 0 Å². The van der Waals surface area contributed by atoms with E-state index in [4.69, 9.17) is 22.6 Å². The van der Waals surface area contributed by atoms with E-state index in [-0.39, 0.29) is 0 Å². The van der Waals surface area contributed by atoms with Gasteiger partial charge in [-0.25, -0.2) is 0 Å². The van der Waals surface area contributed by atoms with Gasteiger partial charge in [-0.05, 0) is 18.4 Å². The van der Waals surface area contributed by atoms with Gasteiger partial charge in [0.15, 0.2) is 0 Å². The van der Waals surface area contributed by atoms with Gasteiger partial charge in [0.05, 0.1) is 27.2 Å². The van der Waals surface area contributed by atoms with Crippen LogP contribution in [0.2, 0.25) is 5.02 Å². The molecule has 1 aromatic rings. The Kier molecular flexibility index (Phi) is 2.74. The number of allylic oxidation sites excluding steroid dienone is 1. The zero-order valence-electron chi connectivity index (χ0n) is 6.47. The van der Waals surface area contributed by atoms with E-state index in [1.807, 2.05) is 11.4 Å². The summed E-state index contributed by atoms with van der Waals surface area (Å²) in [6.07, 6.45) is 0. The Bertz CT molecular complexity index is 359. The highest BCUT2D eigenvalue weighted by Crippen LogP contribution is 2.27. The van der Waals surface area contributed by atoms with E-state index in [2.05, 4.69) is 0 Å². The number of halogens is 1. The Morgan fingerprint density at radius 3 is 2.83 bits per heavy atom. The molecule has 0 aliphatic carbocycles. The second-order valence-electron chi connectivity index (χ2n) is 2.25. The number of rotatable bonds is 1. The third kappa shape index (κ3) is 1.60. The summed E-state index contributed by atoms with van der Waals surface area (Å²) in [4.78, 5) is 0.774. The van der Waals surface area contributed by atoms with Gasteiger partial charge >= 0.3 is 0 Å². The van der Waals surface area contributed by atoms with Gasteiger partial charge in [-0.3, -0.25) is 0 Å². The summed E-state index contributed by atoms with van der Waals surface area (Å²) < 4.78 is 0. The van der Waals surface area contributed by atoms with Crippen molar-refractivity contribution in [2.45, 2.75) is 6.92 Å². The minimum Gasteiger partial charge on any atom is -0.397 e. The summed E-state index contributed by atoms with van der Waals surface area (Å²) in [6.45, 7) is 1.67. The minimum absolute atomic E-state index is 0.470. The number of thiophene rings is 1. The third-order valence-electron chi connectivity index (χ3n) is 1.43. The standard InChI is InChI=1S/C8H7ClN2S/c1-5(4-10)7(11)8-6(9)2-3-12-8/h2-3H,11H2,1H3/b7-5-. The molecule has 0 amide bonds. The molecule has 0 fully saturated rings. The molecule has 1 heterocycles. The minimum atomic E-state index is 0.470. The van der Waals surface area contributed by atoms with Crippen molar-refractivity contribution in [2.24, 2.45) is 5.73 Å². The molecule has 4 heteroatoms. The lowest BCUT2D eigenvalue weighted by molar-refractivity contribution is 1.41. The van der Waals surface area contributed by atoms with Crippen LogP contribution in [-0.4, -0.2) is 0 Å². The first kappa shape index (κ1) is 9.11. The molecule has 0 bridgehead atoms. The summed E-state index contributed by atoms with van der Waals surface area (Å²) in [7, 11) is 0. The first-order valence-electron chi connectivity index (χ1n) is 3.26. The first-order chi connectivity index (χ1) is 5.66. The Hall–Kier alpha value is -0.980.